The molecule has 0 radical (unpaired) electrons. The van der Waals surface area contributed by atoms with E-state index in [9.17, 15) is 4.79 Å². The van der Waals surface area contributed by atoms with Gasteiger partial charge in [0, 0.05) is 31.6 Å². The topological polar surface area (TPSA) is 35.6 Å². The summed E-state index contributed by atoms with van der Waals surface area (Å²) in [6, 6.07) is 8.91. The third-order valence-electron chi connectivity index (χ3n) is 5.52. The van der Waals surface area contributed by atoms with Crippen LogP contribution in [0.5, 0.6) is 0 Å². The maximum atomic E-state index is 13.1. The first-order chi connectivity index (χ1) is 11.2. The molecule has 4 rings (SSSR count). The van der Waals surface area contributed by atoms with Gasteiger partial charge >= 0.3 is 0 Å². The Morgan fingerprint density at radius 2 is 1.84 bits per heavy atom. The molecule has 0 bridgehead atoms. The second-order valence-corrected chi connectivity index (χ2v) is 7.44. The molecule has 140 valence electrons. The molecule has 2 fully saturated rings. The number of halogens is 2. The zero-order valence-electron chi connectivity index (χ0n) is 14.8. The van der Waals surface area contributed by atoms with Crippen LogP contribution in [0.3, 0.4) is 0 Å². The van der Waals surface area contributed by atoms with Crippen LogP contribution in [0, 0.1) is 11.8 Å². The van der Waals surface area contributed by atoms with Gasteiger partial charge in [0.1, 0.15) is 0 Å². The summed E-state index contributed by atoms with van der Waals surface area (Å²) in [5.41, 5.74) is 2.37. The fraction of sp³-hybridized carbons (Fsp3) is 0.632. The molecule has 1 saturated carbocycles. The molecular formula is C19H29Cl2N3O. The maximum Gasteiger partial charge on any atom is 0.230 e. The zero-order chi connectivity index (χ0) is 15.8. The Morgan fingerprint density at radius 1 is 1.12 bits per heavy atom. The van der Waals surface area contributed by atoms with E-state index in [0.717, 1.165) is 50.6 Å². The van der Waals surface area contributed by atoms with Crippen LogP contribution in [0.25, 0.3) is 0 Å². The van der Waals surface area contributed by atoms with Crippen molar-refractivity contribution in [2.24, 2.45) is 11.8 Å². The minimum absolute atomic E-state index is 0. The highest BCUT2D eigenvalue weighted by molar-refractivity contribution is 5.99. The average molecular weight is 386 g/mol. The molecule has 2 aliphatic heterocycles. The van der Waals surface area contributed by atoms with Crippen LogP contribution in [0.2, 0.25) is 0 Å². The highest BCUT2D eigenvalue weighted by Gasteiger charge is 2.34. The van der Waals surface area contributed by atoms with E-state index in [4.69, 9.17) is 0 Å². The summed E-state index contributed by atoms with van der Waals surface area (Å²) in [5.74, 6) is 1.38. The van der Waals surface area contributed by atoms with E-state index < -0.39 is 0 Å². The lowest BCUT2D eigenvalue weighted by Crippen LogP contribution is -2.49. The molecule has 1 saturated heterocycles. The van der Waals surface area contributed by atoms with Crippen molar-refractivity contribution in [3.8, 4) is 0 Å². The van der Waals surface area contributed by atoms with E-state index in [0.29, 0.717) is 11.9 Å². The van der Waals surface area contributed by atoms with Gasteiger partial charge in [-0.2, -0.15) is 0 Å². The first-order valence-electron chi connectivity index (χ1n) is 9.11. The van der Waals surface area contributed by atoms with Crippen LogP contribution < -0.4 is 15.1 Å². The third-order valence-corrected chi connectivity index (χ3v) is 5.52. The largest absolute Gasteiger partial charge is 0.368 e. The molecule has 1 aromatic rings. The molecule has 4 nitrogen and oxygen atoms in total. The molecule has 1 aliphatic carbocycles. The van der Waals surface area contributed by atoms with Crippen LogP contribution >= 0.6 is 24.8 Å². The number of carbonyl (C=O) groups is 1. The van der Waals surface area contributed by atoms with Gasteiger partial charge in [0.25, 0.3) is 0 Å². The Hall–Kier alpha value is -0.970. The lowest BCUT2D eigenvalue weighted by Gasteiger charge is -2.40. The monoisotopic (exact) mass is 385 g/mol. The molecule has 0 unspecified atom stereocenters. The molecule has 2 heterocycles. The number of rotatable bonds is 3. The predicted molar refractivity (Wildman–Crippen MR) is 108 cm³/mol. The van der Waals surface area contributed by atoms with Gasteiger partial charge < -0.3 is 15.1 Å². The average Bonchev–Trinajstić information content (AvgIpc) is 3.39. The van der Waals surface area contributed by atoms with Gasteiger partial charge in [0.2, 0.25) is 5.91 Å². The summed E-state index contributed by atoms with van der Waals surface area (Å²) in [7, 11) is 0. The lowest BCUT2D eigenvalue weighted by atomic mass is 9.91. The van der Waals surface area contributed by atoms with E-state index in [1.165, 1.54) is 18.5 Å². The normalized spacial score (nSPS) is 25.5. The molecule has 1 amide bonds. The SMILES string of the molecule is C[C@H]1C[C@@H](C(=O)N2CCN(CC3CC3)c3ccccc32)CCN1.Cl.Cl. The minimum Gasteiger partial charge on any atom is -0.368 e. The summed E-state index contributed by atoms with van der Waals surface area (Å²) in [6.07, 6.45) is 4.67. The van der Waals surface area contributed by atoms with Crippen molar-refractivity contribution in [3.63, 3.8) is 0 Å². The smallest absolute Gasteiger partial charge is 0.230 e. The Balaban J connectivity index is 0.00000113. The van der Waals surface area contributed by atoms with E-state index >= 15 is 0 Å². The standard InChI is InChI=1S/C19H27N3O.2ClH/c1-14-12-16(8-9-20-14)19(23)22-11-10-21(13-15-6-7-15)17-4-2-3-5-18(17)22;;/h2-5,14-16,20H,6-13H2,1H3;2*1H/t14-,16-;;/m0../s1. The highest BCUT2D eigenvalue weighted by atomic mass is 35.5. The van der Waals surface area contributed by atoms with Gasteiger partial charge in [-0.1, -0.05) is 12.1 Å². The molecule has 6 heteroatoms. The molecule has 0 aromatic heterocycles. The Kier molecular flexibility index (Phi) is 7.01. The summed E-state index contributed by atoms with van der Waals surface area (Å²) < 4.78 is 0. The Labute approximate surface area is 163 Å². The summed E-state index contributed by atoms with van der Waals surface area (Å²) in [5, 5.41) is 3.45. The summed E-state index contributed by atoms with van der Waals surface area (Å²) in [6.45, 7) is 6.10. The van der Waals surface area contributed by atoms with Gasteiger partial charge in [0.05, 0.1) is 11.4 Å². The Bertz CT molecular complexity index is 594. The highest BCUT2D eigenvalue weighted by Crippen LogP contribution is 2.38. The van der Waals surface area contributed by atoms with E-state index in [2.05, 4.69) is 46.3 Å². The number of carbonyl (C=O) groups excluding carboxylic acids is 1. The number of benzene rings is 1. The lowest BCUT2D eigenvalue weighted by molar-refractivity contribution is -0.123. The van der Waals surface area contributed by atoms with Crippen molar-refractivity contribution in [1.29, 1.82) is 0 Å². The van der Waals surface area contributed by atoms with E-state index in [1.54, 1.807) is 0 Å². The van der Waals surface area contributed by atoms with Crippen molar-refractivity contribution in [3.05, 3.63) is 24.3 Å². The van der Waals surface area contributed by atoms with Gasteiger partial charge in [0.15, 0.2) is 0 Å². The number of nitrogens with one attached hydrogen (secondary N) is 1. The van der Waals surface area contributed by atoms with E-state index in [-0.39, 0.29) is 30.7 Å². The maximum absolute atomic E-state index is 13.1. The van der Waals surface area contributed by atoms with Crippen molar-refractivity contribution >= 4 is 42.1 Å². The fourth-order valence-corrected chi connectivity index (χ4v) is 4.03. The van der Waals surface area contributed by atoms with Crippen LogP contribution in [0.1, 0.15) is 32.6 Å². The Morgan fingerprint density at radius 3 is 2.52 bits per heavy atom. The number of anilines is 2. The van der Waals surface area contributed by atoms with Crippen LogP contribution in [-0.4, -0.2) is 38.1 Å². The quantitative estimate of drug-likeness (QED) is 0.864. The molecule has 2 atom stereocenters. The number of piperidine rings is 1. The predicted octanol–water partition coefficient (Wildman–Crippen LogP) is 3.48. The van der Waals surface area contributed by atoms with Crippen LogP contribution in [0.15, 0.2) is 24.3 Å². The van der Waals surface area contributed by atoms with Crippen LogP contribution in [-0.2, 0) is 4.79 Å². The number of hydrogen-bond donors (Lipinski definition) is 1. The second-order valence-electron chi connectivity index (χ2n) is 7.44. The number of fused-ring (bicyclic) bond motifs is 1. The molecule has 1 aromatic carbocycles. The van der Waals surface area contributed by atoms with Crippen molar-refractivity contribution in [2.75, 3.05) is 36.0 Å². The van der Waals surface area contributed by atoms with Gasteiger partial charge in [-0.3, -0.25) is 4.79 Å². The molecular weight excluding hydrogens is 357 g/mol. The van der Waals surface area contributed by atoms with Crippen molar-refractivity contribution < 1.29 is 4.79 Å². The first kappa shape index (κ1) is 20.3. The summed E-state index contributed by atoms with van der Waals surface area (Å²) in [4.78, 5) is 17.6. The molecule has 25 heavy (non-hydrogen) atoms. The fourth-order valence-electron chi connectivity index (χ4n) is 4.03. The number of nitrogens with zero attached hydrogens (tertiary/aromatic N) is 2. The molecule has 3 aliphatic rings. The molecule has 0 spiro atoms. The summed E-state index contributed by atoms with van der Waals surface area (Å²) >= 11 is 0. The van der Waals surface area contributed by atoms with Crippen molar-refractivity contribution in [1.82, 2.24) is 5.32 Å². The zero-order valence-corrected chi connectivity index (χ0v) is 16.5. The molecule has 1 N–H and O–H groups in total. The van der Waals surface area contributed by atoms with Gasteiger partial charge in [-0.25, -0.2) is 0 Å². The minimum atomic E-state index is 0. The van der Waals surface area contributed by atoms with Crippen LogP contribution in [0.4, 0.5) is 11.4 Å². The number of hydrogen-bond acceptors (Lipinski definition) is 3. The van der Waals surface area contributed by atoms with Crippen molar-refractivity contribution in [2.45, 2.75) is 38.6 Å². The number of para-hydroxylation sites is 2. The third kappa shape index (κ3) is 4.42. The first-order valence-corrected chi connectivity index (χ1v) is 9.11. The van der Waals surface area contributed by atoms with E-state index in [1.807, 2.05) is 0 Å². The number of amides is 1. The van der Waals surface area contributed by atoms with Gasteiger partial charge in [-0.05, 0) is 57.2 Å². The second kappa shape index (κ2) is 8.61. The van der Waals surface area contributed by atoms with Gasteiger partial charge in [-0.15, -0.1) is 24.8 Å².